The number of methoxy groups -OCH3 is 1. The van der Waals surface area contributed by atoms with Crippen molar-refractivity contribution in [1.82, 2.24) is 5.32 Å². The molecule has 6 nitrogen and oxygen atoms in total. The number of carbonyl (C=O) groups excluding carboxylic acids is 1. The van der Waals surface area contributed by atoms with Gasteiger partial charge >= 0.3 is 5.97 Å². The molecule has 0 aliphatic heterocycles. The SMILES string of the molecule is COc1cc(/C=C/C(=O)NC(C)C(=O)O)ccc1OC(C)C. The number of ether oxygens (including phenoxy) is 2. The number of nitrogens with one attached hydrogen (secondary N) is 1. The predicted octanol–water partition coefficient (Wildman–Crippen LogP) is 2.08. The Labute approximate surface area is 129 Å². The number of hydrogen-bond donors (Lipinski definition) is 2. The zero-order valence-corrected chi connectivity index (χ0v) is 13.1. The van der Waals surface area contributed by atoms with Gasteiger partial charge in [0.2, 0.25) is 5.91 Å². The monoisotopic (exact) mass is 307 g/mol. The molecule has 1 unspecified atom stereocenters. The van der Waals surface area contributed by atoms with E-state index in [0.29, 0.717) is 11.5 Å². The van der Waals surface area contributed by atoms with E-state index in [4.69, 9.17) is 14.6 Å². The third kappa shape index (κ3) is 5.47. The highest BCUT2D eigenvalue weighted by molar-refractivity contribution is 5.94. The van der Waals surface area contributed by atoms with E-state index in [1.807, 2.05) is 13.8 Å². The molecule has 120 valence electrons. The average Bonchev–Trinajstić information content (AvgIpc) is 2.45. The maximum absolute atomic E-state index is 11.6. The summed E-state index contributed by atoms with van der Waals surface area (Å²) < 4.78 is 10.9. The van der Waals surface area contributed by atoms with Gasteiger partial charge in [0.25, 0.3) is 0 Å². The molecule has 6 heteroatoms. The Kier molecular flexibility index (Phi) is 6.44. The zero-order chi connectivity index (χ0) is 16.7. The molecule has 1 aromatic rings. The van der Waals surface area contributed by atoms with Crippen molar-refractivity contribution in [3.05, 3.63) is 29.8 Å². The molecule has 0 aromatic heterocycles. The molecule has 2 N–H and O–H groups in total. The van der Waals surface area contributed by atoms with Crippen LogP contribution in [0.25, 0.3) is 6.08 Å². The van der Waals surface area contributed by atoms with E-state index in [-0.39, 0.29) is 6.10 Å². The molecule has 0 radical (unpaired) electrons. The maximum Gasteiger partial charge on any atom is 0.325 e. The fourth-order valence-electron chi connectivity index (χ4n) is 1.63. The summed E-state index contributed by atoms with van der Waals surface area (Å²) in [5, 5.41) is 11.1. The number of aliphatic carboxylic acids is 1. The van der Waals surface area contributed by atoms with Crippen molar-refractivity contribution in [2.45, 2.75) is 32.9 Å². The number of rotatable bonds is 7. The molecule has 1 amide bonds. The van der Waals surface area contributed by atoms with Crippen LogP contribution < -0.4 is 14.8 Å². The summed E-state index contributed by atoms with van der Waals surface area (Å²) in [5.74, 6) is -0.372. The number of hydrogen-bond acceptors (Lipinski definition) is 4. The van der Waals surface area contributed by atoms with Crippen molar-refractivity contribution >= 4 is 18.0 Å². The normalized spacial score (nSPS) is 12.2. The van der Waals surface area contributed by atoms with Crippen LogP contribution in [0.5, 0.6) is 11.5 Å². The summed E-state index contributed by atoms with van der Waals surface area (Å²) in [6, 6.07) is 4.34. The van der Waals surface area contributed by atoms with Gasteiger partial charge in [-0.15, -0.1) is 0 Å². The summed E-state index contributed by atoms with van der Waals surface area (Å²) in [5.41, 5.74) is 0.742. The van der Waals surface area contributed by atoms with E-state index < -0.39 is 17.9 Å². The van der Waals surface area contributed by atoms with Crippen molar-refractivity contribution in [3.8, 4) is 11.5 Å². The summed E-state index contributed by atoms with van der Waals surface area (Å²) in [6.07, 6.45) is 2.88. The molecule has 1 atom stereocenters. The van der Waals surface area contributed by atoms with Crippen LogP contribution >= 0.6 is 0 Å². The lowest BCUT2D eigenvalue weighted by molar-refractivity contribution is -0.140. The molecule has 0 fully saturated rings. The van der Waals surface area contributed by atoms with Gasteiger partial charge in [-0.2, -0.15) is 0 Å². The van der Waals surface area contributed by atoms with Crippen molar-refractivity contribution < 1.29 is 24.2 Å². The minimum Gasteiger partial charge on any atom is -0.493 e. The van der Waals surface area contributed by atoms with Gasteiger partial charge in [0.05, 0.1) is 13.2 Å². The largest absolute Gasteiger partial charge is 0.493 e. The molecule has 0 saturated carbocycles. The lowest BCUT2D eigenvalue weighted by Crippen LogP contribution is -2.37. The van der Waals surface area contributed by atoms with Gasteiger partial charge in [-0.3, -0.25) is 9.59 Å². The molecule has 0 bridgehead atoms. The first-order valence-electron chi connectivity index (χ1n) is 6.89. The second-order valence-electron chi connectivity index (χ2n) is 4.98. The van der Waals surface area contributed by atoms with E-state index in [2.05, 4.69) is 5.32 Å². The topological polar surface area (TPSA) is 84.9 Å². The first kappa shape index (κ1) is 17.6. The Morgan fingerprint density at radius 1 is 1.23 bits per heavy atom. The first-order valence-corrected chi connectivity index (χ1v) is 6.89. The van der Waals surface area contributed by atoms with Gasteiger partial charge in [0, 0.05) is 6.08 Å². The van der Waals surface area contributed by atoms with Crippen molar-refractivity contribution in [2.24, 2.45) is 0 Å². The number of amides is 1. The van der Waals surface area contributed by atoms with Gasteiger partial charge in [0.15, 0.2) is 11.5 Å². The van der Waals surface area contributed by atoms with Gasteiger partial charge in [-0.1, -0.05) is 6.07 Å². The molecule has 0 heterocycles. The Balaban J connectivity index is 2.79. The minimum atomic E-state index is -1.08. The number of carboxylic acids is 1. The molecule has 0 aliphatic rings. The molecule has 22 heavy (non-hydrogen) atoms. The van der Waals surface area contributed by atoms with E-state index >= 15 is 0 Å². The lowest BCUT2D eigenvalue weighted by Gasteiger charge is -2.13. The van der Waals surface area contributed by atoms with E-state index in [0.717, 1.165) is 5.56 Å². The van der Waals surface area contributed by atoms with Crippen LogP contribution in [0.3, 0.4) is 0 Å². The van der Waals surface area contributed by atoms with E-state index in [1.54, 1.807) is 24.3 Å². The van der Waals surface area contributed by atoms with Crippen molar-refractivity contribution in [3.63, 3.8) is 0 Å². The third-order valence-electron chi connectivity index (χ3n) is 2.71. The summed E-state index contributed by atoms with van der Waals surface area (Å²) >= 11 is 0. The Hall–Kier alpha value is -2.50. The quantitative estimate of drug-likeness (QED) is 0.753. The molecule has 0 spiro atoms. The average molecular weight is 307 g/mol. The third-order valence-corrected chi connectivity index (χ3v) is 2.71. The summed E-state index contributed by atoms with van der Waals surface area (Å²) in [6.45, 7) is 5.23. The van der Waals surface area contributed by atoms with Gasteiger partial charge in [0.1, 0.15) is 6.04 Å². The van der Waals surface area contributed by atoms with Gasteiger partial charge in [-0.25, -0.2) is 0 Å². The van der Waals surface area contributed by atoms with Crippen molar-refractivity contribution in [2.75, 3.05) is 7.11 Å². The summed E-state index contributed by atoms with van der Waals surface area (Å²) in [7, 11) is 1.54. The molecular weight excluding hydrogens is 286 g/mol. The highest BCUT2D eigenvalue weighted by Crippen LogP contribution is 2.29. The lowest BCUT2D eigenvalue weighted by atomic mass is 10.2. The maximum atomic E-state index is 11.6. The Morgan fingerprint density at radius 2 is 1.91 bits per heavy atom. The Bertz CT molecular complexity index is 566. The summed E-state index contributed by atoms with van der Waals surface area (Å²) in [4.78, 5) is 22.2. The fraction of sp³-hybridized carbons (Fsp3) is 0.375. The highest BCUT2D eigenvalue weighted by atomic mass is 16.5. The zero-order valence-electron chi connectivity index (χ0n) is 13.1. The molecular formula is C16H21NO5. The van der Waals surface area contributed by atoms with Crippen LogP contribution in [-0.2, 0) is 9.59 Å². The van der Waals surface area contributed by atoms with Crippen molar-refractivity contribution in [1.29, 1.82) is 0 Å². The molecule has 0 aliphatic carbocycles. The van der Waals surface area contributed by atoms with Crippen LogP contribution in [0.15, 0.2) is 24.3 Å². The predicted molar refractivity (Wildman–Crippen MR) is 83.0 cm³/mol. The van der Waals surface area contributed by atoms with Gasteiger partial charge < -0.3 is 19.9 Å². The standard InChI is InChI=1S/C16H21NO5/c1-10(2)22-13-7-5-12(9-14(13)21-4)6-8-15(18)17-11(3)16(19)20/h5-11H,1-4H3,(H,17,18)(H,19,20)/b8-6+. The second-order valence-corrected chi connectivity index (χ2v) is 4.98. The highest BCUT2D eigenvalue weighted by Gasteiger charge is 2.12. The van der Waals surface area contributed by atoms with Crippen LogP contribution in [0.4, 0.5) is 0 Å². The van der Waals surface area contributed by atoms with Crippen LogP contribution in [0.1, 0.15) is 26.3 Å². The first-order chi connectivity index (χ1) is 10.3. The van der Waals surface area contributed by atoms with Crippen LogP contribution in [0, 0.1) is 0 Å². The smallest absolute Gasteiger partial charge is 0.325 e. The van der Waals surface area contributed by atoms with Crippen LogP contribution in [-0.4, -0.2) is 36.2 Å². The molecule has 0 saturated heterocycles. The van der Waals surface area contributed by atoms with E-state index in [9.17, 15) is 9.59 Å². The number of carboxylic acid groups (broad SMARTS) is 1. The number of carbonyl (C=O) groups is 2. The fourth-order valence-corrected chi connectivity index (χ4v) is 1.63. The minimum absolute atomic E-state index is 0.0265. The molecule has 1 aromatic carbocycles. The second kappa shape index (κ2) is 8.07. The number of benzene rings is 1. The Morgan fingerprint density at radius 3 is 2.45 bits per heavy atom. The van der Waals surface area contributed by atoms with Crippen LogP contribution in [0.2, 0.25) is 0 Å². The van der Waals surface area contributed by atoms with E-state index in [1.165, 1.54) is 20.1 Å². The molecule has 1 rings (SSSR count). The van der Waals surface area contributed by atoms with Gasteiger partial charge in [-0.05, 0) is 44.5 Å².